The van der Waals surface area contributed by atoms with E-state index in [0.29, 0.717) is 18.0 Å². The molecule has 2 rings (SSSR count). The number of ether oxygens (including phenoxy) is 3. The molecule has 0 saturated heterocycles. The van der Waals surface area contributed by atoms with E-state index in [1.807, 2.05) is 68.5 Å². The lowest BCUT2D eigenvalue weighted by Crippen LogP contribution is -2.32. The molecule has 0 fully saturated rings. The molecule has 2 aromatic carbocycles. The van der Waals surface area contributed by atoms with Gasteiger partial charge >= 0.3 is 5.97 Å². The standard InChI is InChI=1S/C23H27NO5/c1-4-8-18-11-12-20(21(13-18)27-3)28-16-23(26)29-15-22(25)24-14-17(2)19-9-6-5-7-10-19/h4-13,17H,14-16H2,1-3H3,(H,24,25)/b8-4+/t17-/m0/s1. The van der Waals surface area contributed by atoms with Gasteiger partial charge in [0.1, 0.15) is 0 Å². The van der Waals surface area contributed by atoms with Crippen LogP contribution in [0.15, 0.2) is 54.6 Å². The van der Waals surface area contributed by atoms with Gasteiger partial charge in [0.2, 0.25) is 0 Å². The topological polar surface area (TPSA) is 73.9 Å². The van der Waals surface area contributed by atoms with Gasteiger partial charge < -0.3 is 19.5 Å². The van der Waals surface area contributed by atoms with E-state index in [1.165, 1.54) is 7.11 Å². The minimum Gasteiger partial charge on any atom is -0.493 e. The second-order valence-corrected chi connectivity index (χ2v) is 6.48. The third kappa shape index (κ3) is 7.33. The lowest BCUT2D eigenvalue weighted by Gasteiger charge is -2.13. The van der Waals surface area contributed by atoms with Crippen LogP contribution in [-0.2, 0) is 14.3 Å². The van der Waals surface area contributed by atoms with Crippen LogP contribution in [0.5, 0.6) is 11.5 Å². The van der Waals surface area contributed by atoms with Crippen molar-refractivity contribution in [1.29, 1.82) is 0 Å². The molecule has 0 unspecified atom stereocenters. The van der Waals surface area contributed by atoms with E-state index in [9.17, 15) is 9.59 Å². The first-order valence-electron chi connectivity index (χ1n) is 9.44. The van der Waals surface area contributed by atoms with E-state index < -0.39 is 5.97 Å². The number of methoxy groups -OCH3 is 1. The predicted molar refractivity (Wildman–Crippen MR) is 112 cm³/mol. The van der Waals surface area contributed by atoms with Crippen molar-refractivity contribution in [3.8, 4) is 11.5 Å². The lowest BCUT2D eigenvalue weighted by atomic mass is 10.0. The summed E-state index contributed by atoms with van der Waals surface area (Å²) in [6.07, 6.45) is 3.84. The van der Waals surface area contributed by atoms with Crippen molar-refractivity contribution in [1.82, 2.24) is 5.32 Å². The van der Waals surface area contributed by atoms with Crippen LogP contribution in [0.3, 0.4) is 0 Å². The number of hydrogen-bond donors (Lipinski definition) is 1. The maximum atomic E-state index is 11.9. The number of rotatable bonds is 10. The van der Waals surface area contributed by atoms with Crippen LogP contribution >= 0.6 is 0 Å². The van der Waals surface area contributed by atoms with E-state index in [1.54, 1.807) is 6.07 Å². The highest BCUT2D eigenvalue weighted by molar-refractivity contribution is 5.81. The summed E-state index contributed by atoms with van der Waals surface area (Å²) in [7, 11) is 1.53. The Morgan fingerprint density at radius 2 is 1.83 bits per heavy atom. The Kier molecular flexibility index (Phi) is 8.76. The molecule has 0 aliphatic heterocycles. The van der Waals surface area contributed by atoms with E-state index in [-0.39, 0.29) is 25.0 Å². The van der Waals surface area contributed by atoms with Crippen LogP contribution in [0, 0.1) is 0 Å². The quantitative estimate of drug-likeness (QED) is 0.621. The minimum absolute atomic E-state index is 0.164. The zero-order valence-electron chi connectivity index (χ0n) is 17.0. The Morgan fingerprint density at radius 1 is 1.07 bits per heavy atom. The van der Waals surface area contributed by atoms with E-state index in [2.05, 4.69) is 5.32 Å². The van der Waals surface area contributed by atoms with Crippen molar-refractivity contribution in [3.63, 3.8) is 0 Å². The van der Waals surface area contributed by atoms with Gasteiger partial charge in [0.15, 0.2) is 24.7 Å². The molecule has 0 aliphatic rings. The van der Waals surface area contributed by atoms with E-state index in [0.717, 1.165) is 11.1 Å². The summed E-state index contributed by atoms with van der Waals surface area (Å²) in [6, 6.07) is 15.3. The smallest absolute Gasteiger partial charge is 0.344 e. The summed E-state index contributed by atoms with van der Waals surface area (Å²) in [5.41, 5.74) is 2.09. The molecular formula is C23H27NO5. The number of hydrogen-bond acceptors (Lipinski definition) is 5. The van der Waals surface area contributed by atoms with Gasteiger partial charge in [-0.05, 0) is 36.1 Å². The molecule has 0 aromatic heterocycles. The molecule has 0 heterocycles. The van der Waals surface area contributed by atoms with Crippen LogP contribution in [-0.4, -0.2) is 38.7 Å². The fourth-order valence-electron chi connectivity index (χ4n) is 2.64. The minimum atomic E-state index is -0.629. The zero-order chi connectivity index (χ0) is 21.1. The lowest BCUT2D eigenvalue weighted by molar-refractivity contribution is -0.150. The summed E-state index contributed by atoms with van der Waals surface area (Å²) in [5.74, 6) is 0.127. The third-order valence-corrected chi connectivity index (χ3v) is 4.23. The monoisotopic (exact) mass is 397 g/mol. The summed E-state index contributed by atoms with van der Waals surface area (Å²) in [4.78, 5) is 23.8. The number of benzene rings is 2. The van der Waals surface area contributed by atoms with Gasteiger partial charge in [-0.25, -0.2) is 4.79 Å². The van der Waals surface area contributed by atoms with Gasteiger partial charge in [0.25, 0.3) is 5.91 Å². The highest BCUT2D eigenvalue weighted by Crippen LogP contribution is 2.28. The molecule has 1 amide bonds. The molecule has 2 aromatic rings. The normalized spacial score (nSPS) is 11.7. The van der Waals surface area contributed by atoms with Crippen molar-refractivity contribution in [3.05, 3.63) is 65.7 Å². The maximum absolute atomic E-state index is 11.9. The van der Waals surface area contributed by atoms with Gasteiger partial charge in [-0.1, -0.05) is 55.5 Å². The van der Waals surface area contributed by atoms with E-state index in [4.69, 9.17) is 14.2 Å². The summed E-state index contributed by atoms with van der Waals surface area (Å²) in [5, 5.41) is 2.76. The number of nitrogens with one attached hydrogen (secondary N) is 1. The van der Waals surface area contributed by atoms with Crippen molar-refractivity contribution in [2.45, 2.75) is 19.8 Å². The first kappa shape index (κ1) is 22.0. The summed E-state index contributed by atoms with van der Waals surface area (Å²) < 4.78 is 15.7. The van der Waals surface area contributed by atoms with Gasteiger partial charge in [-0.2, -0.15) is 0 Å². The molecule has 1 N–H and O–H groups in total. The number of allylic oxidation sites excluding steroid dienone is 1. The maximum Gasteiger partial charge on any atom is 0.344 e. The molecule has 6 heteroatoms. The van der Waals surface area contributed by atoms with Gasteiger partial charge in [0.05, 0.1) is 7.11 Å². The van der Waals surface area contributed by atoms with Crippen molar-refractivity contribution >= 4 is 18.0 Å². The van der Waals surface area contributed by atoms with Gasteiger partial charge in [0, 0.05) is 6.54 Å². The van der Waals surface area contributed by atoms with Crippen LogP contribution in [0.25, 0.3) is 6.08 Å². The zero-order valence-corrected chi connectivity index (χ0v) is 17.0. The Bertz CT molecular complexity index is 832. The molecule has 0 aliphatic carbocycles. The Hall–Kier alpha value is -3.28. The summed E-state index contributed by atoms with van der Waals surface area (Å²) in [6.45, 7) is 3.75. The van der Waals surface area contributed by atoms with Crippen LogP contribution < -0.4 is 14.8 Å². The molecule has 29 heavy (non-hydrogen) atoms. The second-order valence-electron chi connectivity index (χ2n) is 6.48. The number of amides is 1. The van der Waals surface area contributed by atoms with Crippen molar-refractivity contribution in [2.75, 3.05) is 26.9 Å². The third-order valence-electron chi connectivity index (χ3n) is 4.23. The predicted octanol–water partition coefficient (Wildman–Crippen LogP) is 3.57. The fourth-order valence-corrected chi connectivity index (χ4v) is 2.64. The average Bonchev–Trinajstić information content (AvgIpc) is 2.75. The number of carbonyl (C=O) groups is 2. The Morgan fingerprint density at radius 3 is 2.52 bits per heavy atom. The molecule has 154 valence electrons. The highest BCUT2D eigenvalue weighted by atomic mass is 16.6. The summed E-state index contributed by atoms with van der Waals surface area (Å²) >= 11 is 0. The van der Waals surface area contributed by atoms with E-state index >= 15 is 0 Å². The highest BCUT2D eigenvalue weighted by Gasteiger charge is 2.12. The van der Waals surface area contributed by atoms with Crippen LogP contribution in [0.2, 0.25) is 0 Å². The average molecular weight is 397 g/mol. The molecule has 1 atom stereocenters. The Labute approximate surface area is 171 Å². The largest absolute Gasteiger partial charge is 0.493 e. The molecule has 0 bridgehead atoms. The SMILES string of the molecule is C/C=C/c1ccc(OCC(=O)OCC(=O)NC[C@H](C)c2ccccc2)c(OC)c1. The molecule has 0 saturated carbocycles. The first-order chi connectivity index (χ1) is 14.0. The van der Waals surface area contributed by atoms with Crippen molar-refractivity contribution in [2.24, 2.45) is 0 Å². The van der Waals surface area contributed by atoms with Crippen LogP contribution in [0.1, 0.15) is 30.9 Å². The molecule has 6 nitrogen and oxygen atoms in total. The Balaban J connectivity index is 1.73. The molecular weight excluding hydrogens is 370 g/mol. The molecule has 0 spiro atoms. The second kappa shape index (κ2) is 11.5. The fraction of sp³-hybridized carbons (Fsp3) is 0.304. The number of carbonyl (C=O) groups excluding carboxylic acids is 2. The van der Waals surface area contributed by atoms with Gasteiger partial charge in [-0.3, -0.25) is 4.79 Å². The van der Waals surface area contributed by atoms with Crippen molar-refractivity contribution < 1.29 is 23.8 Å². The van der Waals surface area contributed by atoms with Gasteiger partial charge in [-0.15, -0.1) is 0 Å². The first-order valence-corrected chi connectivity index (χ1v) is 9.44. The molecule has 0 radical (unpaired) electrons. The number of esters is 1. The van der Waals surface area contributed by atoms with Crippen LogP contribution in [0.4, 0.5) is 0 Å².